The molecule has 4 nitrogen and oxygen atoms in total. The minimum Gasteiger partial charge on any atom is -0.495 e. The van der Waals surface area contributed by atoms with E-state index in [1.807, 2.05) is 57.2 Å². The van der Waals surface area contributed by atoms with Crippen LogP contribution in [0.4, 0.5) is 17.1 Å². The van der Waals surface area contributed by atoms with Gasteiger partial charge in [-0.25, -0.2) is 0 Å². The molecular formula is C18H21ClN2O2. The molecule has 0 aliphatic carbocycles. The van der Waals surface area contributed by atoms with Crippen molar-refractivity contribution in [1.29, 1.82) is 0 Å². The van der Waals surface area contributed by atoms with Crippen molar-refractivity contribution in [2.75, 3.05) is 17.7 Å². The van der Waals surface area contributed by atoms with Gasteiger partial charge in [-0.1, -0.05) is 32.4 Å². The summed E-state index contributed by atoms with van der Waals surface area (Å²) in [6, 6.07) is 13.0. The standard InChI is InChI=1S/C18H21ClN2O2/c1-18(2,3)17(22)21-13-7-5-12(6-8-13)20-14-9-10-16(23-4)15(19)11-14/h5-11,20H,1-4H3,(H,21,22). The summed E-state index contributed by atoms with van der Waals surface area (Å²) < 4.78 is 5.13. The Morgan fingerprint density at radius 3 is 2.09 bits per heavy atom. The largest absolute Gasteiger partial charge is 0.495 e. The van der Waals surface area contributed by atoms with E-state index in [0.29, 0.717) is 10.8 Å². The van der Waals surface area contributed by atoms with Gasteiger partial charge in [-0.3, -0.25) is 4.79 Å². The lowest BCUT2D eigenvalue weighted by molar-refractivity contribution is -0.123. The zero-order chi connectivity index (χ0) is 17.0. The molecule has 0 heterocycles. The normalized spacial score (nSPS) is 11.0. The number of anilines is 3. The maximum absolute atomic E-state index is 12.0. The molecular weight excluding hydrogens is 312 g/mol. The van der Waals surface area contributed by atoms with E-state index in [4.69, 9.17) is 16.3 Å². The Kier molecular flexibility index (Phi) is 5.16. The van der Waals surface area contributed by atoms with Gasteiger partial charge in [-0.05, 0) is 42.5 Å². The van der Waals surface area contributed by atoms with Gasteiger partial charge in [0.1, 0.15) is 5.75 Å². The number of carbonyl (C=O) groups excluding carboxylic acids is 1. The number of carbonyl (C=O) groups is 1. The second-order valence-corrected chi connectivity index (χ2v) is 6.66. The molecule has 0 atom stereocenters. The topological polar surface area (TPSA) is 50.4 Å². The number of halogens is 1. The van der Waals surface area contributed by atoms with Crippen LogP contribution >= 0.6 is 11.6 Å². The lowest BCUT2D eigenvalue weighted by Crippen LogP contribution is -2.27. The fraction of sp³-hybridized carbons (Fsp3) is 0.278. The molecule has 2 aromatic rings. The highest BCUT2D eigenvalue weighted by Crippen LogP contribution is 2.29. The van der Waals surface area contributed by atoms with E-state index in [0.717, 1.165) is 17.1 Å². The van der Waals surface area contributed by atoms with Gasteiger partial charge in [-0.15, -0.1) is 0 Å². The van der Waals surface area contributed by atoms with Crippen LogP contribution in [0.15, 0.2) is 42.5 Å². The summed E-state index contributed by atoms with van der Waals surface area (Å²) in [4.78, 5) is 12.0. The van der Waals surface area contributed by atoms with Crippen molar-refractivity contribution in [2.24, 2.45) is 5.41 Å². The summed E-state index contributed by atoms with van der Waals surface area (Å²) >= 11 is 6.11. The van der Waals surface area contributed by atoms with Gasteiger partial charge in [0, 0.05) is 22.5 Å². The average Bonchev–Trinajstić information content (AvgIpc) is 2.48. The van der Waals surface area contributed by atoms with E-state index in [1.54, 1.807) is 13.2 Å². The monoisotopic (exact) mass is 332 g/mol. The molecule has 0 spiro atoms. The van der Waals surface area contributed by atoms with Crippen molar-refractivity contribution < 1.29 is 9.53 Å². The molecule has 2 N–H and O–H groups in total. The van der Waals surface area contributed by atoms with Gasteiger partial charge in [0.05, 0.1) is 12.1 Å². The molecule has 0 aliphatic rings. The van der Waals surface area contributed by atoms with Gasteiger partial charge < -0.3 is 15.4 Å². The first-order chi connectivity index (χ1) is 10.8. The predicted molar refractivity (Wildman–Crippen MR) is 95.8 cm³/mol. The quantitative estimate of drug-likeness (QED) is 0.821. The summed E-state index contributed by atoms with van der Waals surface area (Å²) in [5.41, 5.74) is 2.11. The number of hydrogen-bond acceptors (Lipinski definition) is 3. The molecule has 1 amide bonds. The SMILES string of the molecule is COc1ccc(Nc2ccc(NC(=O)C(C)(C)C)cc2)cc1Cl. The highest BCUT2D eigenvalue weighted by Gasteiger charge is 2.20. The Hall–Kier alpha value is -2.20. The minimum atomic E-state index is -0.420. The number of rotatable bonds is 4. The van der Waals surface area contributed by atoms with E-state index >= 15 is 0 Å². The number of benzene rings is 2. The molecule has 0 unspecified atom stereocenters. The molecule has 122 valence electrons. The predicted octanol–water partition coefficient (Wildman–Crippen LogP) is 5.08. The average molecular weight is 333 g/mol. The van der Waals surface area contributed by atoms with Crippen LogP contribution in [-0.2, 0) is 4.79 Å². The Labute approximate surface area is 141 Å². The van der Waals surface area contributed by atoms with Crippen molar-refractivity contribution >= 4 is 34.6 Å². The third kappa shape index (κ3) is 4.63. The van der Waals surface area contributed by atoms with Crippen molar-refractivity contribution in [3.05, 3.63) is 47.5 Å². The van der Waals surface area contributed by atoms with Crippen LogP contribution in [0.3, 0.4) is 0 Å². The van der Waals surface area contributed by atoms with E-state index in [1.165, 1.54) is 0 Å². The van der Waals surface area contributed by atoms with E-state index in [9.17, 15) is 4.79 Å². The van der Waals surface area contributed by atoms with E-state index < -0.39 is 5.41 Å². The maximum atomic E-state index is 12.0. The molecule has 0 fully saturated rings. The zero-order valence-corrected chi connectivity index (χ0v) is 14.5. The number of nitrogens with one attached hydrogen (secondary N) is 2. The fourth-order valence-electron chi connectivity index (χ4n) is 1.87. The summed E-state index contributed by atoms with van der Waals surface area (Å²) in [5.74, 6) is 0.623. The Morgan fingerprint density at radius 1 is 1.00 bits per heavy atom. The summed E-state index contributed by atoms with van der Waals surface area (Å²) in [5, 5.41) is 6.69. The number of ether oxygens (including phenoxy) is 1. The van der Waals surface area contributed by atoms with Crippen LogP contribution in [0.2, 0.25) is 5.02 Å². The van der Waals surface area contributed by atoms with Gasteiger partial charge in [0.2, 0.25) is 5.91 Å². The smallest absolute Gasteiger partial charge is 0.229 e. The third-order valence-corrected chi connectivity index (χ3v) is 3.56. The number of methoxy groups -OCH3 is 1. The molecule has 2 aromatic carbocycles. The zero-order valence-electron chi connectivity index (χ0n) is 13.7. The molecule has 0 saturated heterocycles. The summed E-state index contributed by atoms with van der Waals surface area (Å²) in [6.45, 7) is 5.64. The Bertz CT molecular complexity index is 691. The molecule has 23 heavy (non-hydrogen) atoms. The van der Waals surface area contributed by atoms with Gasteiger partial charge >= 0.3 is 0 Å². The molecule has 0 aromatic heterocycles. The van der Waals surface area contributed by atoms with Crippen LogP contribution in [0, 0.1) is 5.41 Å². The van der Waals surface area contributed by atoms with Crippen molar-refractivity contribution in [2.45, 2.75) is 20.8 Å². The van der Waals surface area contributed by atoms with Crippen molar-refractivity contribution in [3.8, 4) is 5.75 Å². The van der Waals surface area contributed by atoms with Crippen LogP contribution in [0.25, 0.3) is 0 Å². The third-order valence-electron chi connectivity index (χ3n) is 3.26. The maximum Gasteiger partial charge on any atom is 0.229 e. The molecule has 0 radical (unpaired) electrons. The Morgan fingerprint density at radius 2 is 1.57 bits per heavy atom. The van der Waals surface area contributed by atoms with Crippen LogP contribution in [-0.4, -0.2) is 13.0 Å². The Balaban J connectivity index is 2.05. The first kappa shape index (κ1) is 17.2. The highest BCUT2D eigenvalue weighted by molar-refractivity contribution is 6.32. The number of amides is 1. The highest BCUT2D eigenvalue weighted by atomic mass is 35.5. The van der Waals surface area contributed by atoms with E-state index in [-0.39, 0.29) is 5.91 Å². The second-order valence-electron chi connectivity index (χ2n) is 6.26. The van der Waals surface area contributed by atoms with Crippen molar-refractivity contribution in [1.82, 2.24) is 0 Å². The van der Waals surface area contributed by atoms with Crippen LogP contribution in [0.1, 0.15) is 20.8 Å². The molecule has 0 aliphatic heterocycles. The minimum absolute atomic E-state index is 0.0138. The number of hydrogen-bond donors (Lipinski definition) is 2. The van der Waals surface area contributed by atoms with Crippen LogP contribution < -0.4 is 15.4 Å². The fourth-order valence-corrected chi connectivity index (χ4v) is 2.12. The molecule has 0 saturated carbocycles. The lowest BCUT2D eigenvalue weighted by atomic mass is 9.95. The molecule has 2 rings (SSSR count). The molecule has 0 bridgehead atoms. The first-order valence-corrected chi connectivity index (χ1v) is 7.69. The first-order valence-electron chi connectivity index (χ1n) is 7.31. The lowest BCUT2D eigenvalue weighted by Gasteiger charge is -2.18. The summed E-state index contributed by atoms with van der Waals surface area (Å²) in [7, 11) is 1.58. The summed E-state index contributed by atoms with van der Waals surface area (Å²) in [6.07, 6.45) is 0. The van der Waals surface area contributed by atoms with Gasteiger partial charge in [-0.2, -0.15) is 0 Å². The van der Waals surface area contributed by atoms with Crippen molar-refractivity contribution in [3.63, 3.8) is 0 Å². The molecule has 5 heteroatoms. The van der Waals surface area contributed by atoms with Gasteiger partial charge in [0.25, 0.3) is 0 Å². The van der Waals surface area contributed by atoms with E-state index in [2.05, 4.69) is 10.6 Å². The second kappa shape index (κ2) is 6.92. The van der Waals surface area contributed by atoms with Gasteiger partial charge in [0.15, 0.2) is 0 Å². The van der Waals surface area contributed by atoms with Crippen LogP contribution in [0.5, 0.6) is 5.75 Å².